The van der Waals surface area contributed by atoms with E-state index in [1.165, 1.54) is 11.6 Å². The van der Waals surface area contributed by atoms with Gasteiger partial charge in [-0.25, -0.2) is 0 Å². The highest BCUT2D eigenvalue weighted by Gasteiger charge is 2.23. The van der Waals surface area contributed by atoms with Gasteiger partial charge in [-0.15, -0.1) is 0 Å². The average molecular weight is 226 g/mol. The largest absolute Gasteiger partial charge is 0.496 e. The van der Waals surface area contributed by atoms with Gasteiger partial charge >= 0.3 is 0 Å². The quantitative estimate of drug-likeness (QED) is 0.741. The molecule has 0 saturated heterocycles. The molecule has 0 saturated carbocycles. The fourth-order valence-electron chi connectivity index (χ4n) is 1.81. The van der Waals surface area contributed by atoms with Crippen LogP contribution < -0.4 is 0 Å². The minimum absolute atomic E-state index is 0.0252. The zero-order valence-corrected chi connectivity index (χ0v) is 9.77. The maximum atomic E-state index is 11.7. The van der Waals surface area contributed by atoms with Crippen molar-refractivity contribution in [3.63, 3.8) is 0 Å². The third-order valence-electron chi connectivity index (χ3n) is 2.75. The number of allylic oxidation sites excluding steroid dienone is 3. The second-order valence-electron chi connectivity index (χ2n) is 3.86. The molecule has 0 N–H and O–H groups in total. The van der Waals surface area contributed by atoms with Crippen LogP contribution in [0.15, 0.2) is 66.0 Å². The van der Waals surface area contributed by atoms with E-state index in [4.69, 9.17) is 4.74 Å². The van der Waals surface area contributed by atoms with Crippen molar-refractivity contribution in [2.45, 2.75) is 6.42 Å². The first-order chi connectivity index (χ1) is 8.22. The van der Waals surface area contributed by atoms with Crippen molar-refractivity contribution < 1.29 is 9.53 Å². The van der Waals surface area contributed by atoms with Gasteiger partial charge in [0.05, 0.1) is 7.11 Å². The van der Waals surface area contributed by atoms with Crippen LogP contribution in [-0.2, 0) is 16.0 Å². The number of rotatable bonds is 3. The Bertz CT molecular complexity index is 507. The van der Waals surface area contributed by atoms with Crippen LogP contribution in [0.4, 0.5) is 0 Å². The summed E-state index contributed by atoms with van der Waals surface area (Å²) in [5.74, 6) is 0.539. The number of hydrogen-bond donors (Lipinski definition) is 0. The van der Waals surface area contributed by atoms with E-state index in [1.54, 1.807) is 7.11 Å². The normalized spacial score (nSPS) is 17.5. The molecule has 0 heterocycles. The van der Waals surface area contributed by atoms with E-state index in [0.29, 0.717) is 16.9 Å². The SMILES string of the molecule is C=C1C(OC)=CC(=O)/C1=C\Cc1ccccc1. The van der Waals surface area contributed by atoms with Crippen LogP contribution in [0.5, 0.6) is 0 Å². The van der Waals surface area contributed by atoms with E-state index in [-0.39, 0.29) is 5.78 Å². The van der Waals surface area contributed by atoms with Crippen LogP contribution in [-0.4, -0.2) is 12.9 Å². The van der Waals surface area contributed by atoms with Crippen molar-refractivity contribution in [1.29, 1.82) is 0 Å². The molecule has 0 aromatic heterocycles. The minimum atomic E-state index is -0.0252. The van der Waals surface area contributed by atoms with Crippen molar-refractivity contribution in [2.75, 3.05) is 7.11 Å². The van der Waals surface area contributed by atoms with Gasteiger partial charge in [0.1, 0.15) is 5.76 Å². The lowest BCUT2D eigenvalue weighted by Gasteiger charge is -2.03. The summed E-state index contributed by atoms with van der Waals surface area (Å²) in [6.07, 6.45) is 4.12. The first-order valence-corrected chi connectivity index (χ1v) is 5.46. The van der Waals surface area contributed by atoms with Crippen molar-refractivity contribution in [1.82, 2.24) is 0 Å². The van der Waals surface area contributed by atoms with E-state index in [9.17, 15) is 4.79 Å². The van der Waals surface area contributed by atoms with Crippen LogP contribution >= 0.6 is 0 Å². The first kappa shape index (κ1) is 11.4. The molecule has 0 spiro atoms. The summed E-state index contributed by atoms with van der Waals surface area (Å²) < 4.78 is 5.08. The number of hydrogen-bond acceptors (Lipinski definition) is 2. The number of benzene rings is 1. The zero-order valence-electron chi connectivity index (χ0n) is 9.77. The Kier molecular flexibility index (Phi) is 3.24. The van der Waals surface area contributed by atoms with Gasteiger partial charge in [0.25, 0.3) is 0 Å². The van der Waals surface area contributed by atoms with E-state index in [2.05, 4.69) is 6.58 Å². The highest BCUT2D eigenvalue weighted by atomic mass is 16.5. The van der Waals surface area contributed by atoms with Crippen LogP contribution in [0.2, 0.25) is 0 Å². The maximum absolute atomic E-state index is 11.7. The monoisotopic (exact) mass is 226 g/mol. The number of carbonyl (C=O) groups excluding carboxylic acids is 1. The fraction of sp³-hybridized carbons (Fsp3) is 0.133. The number of ketones is 1. The lowest BCUT2D eigenvalue weighted by molar-refractivity contribution is -0.110. The molecule has 0 unspecified atom stereocenters. The van der Waals surface area contributed by atoms with Gasteiger partial charge in [0.2, 0.25) is 0 Å². The highest BCUT2D eigenvalue weighted by molar-refractivity contribution is 6.12. The second kappa shape index (κ2) is 4.83. The smallest absolute Gasteiger partial charge is 0.189 e. The predicted octanol–water partition coefficient (Wildman–Crippen LogP) is 2.82. The summed E-state index contributed by atoms with van der Waals surface area (Å²) >= 11 is 0. The first-order valence-electron chi connectivity index (χ1n) is 5.46. The Hall–Kier alpha value is -2.09. The summed E-state index contributed by atoms with van der Waals surface area (Å²) in [7, 11) is 1.55. The molecule has 0 amide bonds. The Morgan fingerprint density at radius 1 is 1.29 bits per heavy atom. The fourth-order valence-corrected chi connectivity index (χ4v) is 1.81. The van der Waals surface area contributed by atoms with Gasteiger partial charge in [0, 0.05) is 17.2 Å². The number of methoxy groups -OCH3 is 1. The Balaban J connectivity index is 2.15. The van der Waals surface area contributed by atoms with Crippen molar-refractivity contribution in [3.8, 4) is 0 Å². The van der Waals surface area contributed by atoms with Crippen molar-refractivity contribution in [3.05, 3.63) is 71.5 Å². The molecule has 2 heteroatoms. The standard InChI is InChI=1S/C15H14O2/c1-11-13(14(16)10-15(11)17-2)9-8-12-6-4-3-5-7-12/h3-7,9-10H,1,8H2,2H3/b13-9-. The van der Waals surface area contributed by atoms with Gasteiger partial charge in [-0.05, 0) is 12.0 Å². The molecule has 0 bridgehead atoms. The molecule has 0 aliphatic heterocycles. The molecule has 1 aromatic rings. The van der Waals surface area contributed by atoms with Gasteiger partial charge in [-0.3, -0.25) is 4.79 Å². The van der Waals surface area contributed by atoms with Crippen LogP contribution in [0.3, 0.4) is 0 Å². The molecule has 2 rings (SSSR count). The van der Waals surface area contributed by atoms with Gasteiger partial charge in [-0.2, -0.15) is 0 Å². The van der Waals surface area contributed by atoms with E-state index < -0.39 is 0 Å². The summed E-state index contributed by atoms with van der Waals surface area (Å²) in [6, 6.07) is 10.0. The molecule has 0 fully saturated rings. The Labute approximate surface area is 101 Å². The average Bonchev–Trinajstić information content (AvgIpc) is 2.63. The topological polar surface area (TPSA) is 26.3 Å². The molecule has 0 radical (unpaired) electrons. The summed E-state index contributed by atoms with van der Waals surface area (Å²) in [4.78, 5) is 11.7. The van der Waals surface area contributed by atoms with E-state index in [1.807, 2.05) is 36.4 Å². The predicted molar refractivity (Wildman–Crippen MR) is 67.5 cm³/mol. The van der Waals surface area contributed by atoms with Gasteiger partial charge in [-0.1, -0.05) is 43.0 Å². The van der Waals surface area contributed by atoms with Crippen LogP contribution in [0.1, 0.15) is 5.56 Å². The second-order valence-corrected chi connectivity index (χ2v) is 3.86. The molecule has 1 aliphatic carbocycles. The highest BCUT2D eigenvalue weighted by Crippen LogP contribution is 2.27. The van der Waals surface area contributed by atoms with Crippen LogP contribution in [0.25, 0.3) is 0 Å². The molecule has 2 nitrogen and oxygen atoms in total. The summed E-state index contributed by atoms with van der Waals surface area (Å²) in [6.45, 7) is 3.87. The zero-order chi connectivity index (χ0) is 12.3. The summed E-state index contributed by atoms with van der Waals surface area (Å²) in [5, 5.41) is 0. The number of ether oxygens (including phenoxy) is 1. The Morgan fingerprint density at radius 3 is 2.59 bits per heavy atom. The van der Waals surface area contributed by atoms with Crippen molar-refractivity contribution in [2.24, 2.45) is 0 Å². The molecular formula is C15H14O2. The molecular weight excluding hydrogens is 212 g/mol. The summed E-state index contributed by atoms with van der Waals surface area (Å²) in [5.41, 5.74) is 2.49. The molecule has 1 aliphatic rings. The lowest BCUT2D eigenvalue weighted by Crippen LogP contribution is -1.95. The van der Waals surface area contributed by atoms with Gasteiger partial charge < -0.3 is 4.74 Å². The number of carbonyl (C=O) groups is 1. The minimum Gasteiger partial charge on any atom is -0.496 e. The molecule has 17 heavy (non-hydrogen) atoms. The van der Waals surface area contributed by atoms with Crippen molar-refractivity contribution >= 4 is 5.78 Å². The maximum Gasteiger partial charge on any atom is 0.189 e. The Morgan fingerprint density at radius 2 is 2.00 bits per heavy atom. The molecule has 0 atom stereocenters. The van der Waals surface area contributed by atoms with E-state index >= 15 is 0 Å². The van der Waals surface area contributed by atoms with Crippen LogP contribution in [0, 0.1) is 0 Å². The lowest BCUT2D eigenvalue weighted by atomic mass is 10.1. The van der Waals surface area contributed by atoms with Gasteiger partial charge in [0.15, 0.2) is 5.78 Å². The molecule has 86 valence electrons. The third-order valence-corrected chi connectivity index (χ3v) is 2.75. The van der Waals surface area contributed by atoms with E-state index in [0.717, 1.165) is 6.42 Å². The third kappa shape index (κ3) is 2.36. The molecule has 1 aromatic carbocycles.